The molecule has 10 heteroatoms. The van der Waals surface area contributed by atoms with Crippen LogP contribution in [-0.2, 0) is 4.79 Å². The Morgan fingerprint density at radius 1 is 1.14 bits per heavy atom. The number of carbonyl (C=O) groups excluding carboxylic acids is 2. The van der Waals surface area contributed by atoms with E-state index in [-0.39, 0.29) is 15.7 Å². The van der Waals surface area contributed by atoms with Gasteiger partial charge in [0.25, 0.3) is 11.6 Å². The predicted molar refractivity (Wildman–Crippen MR) is 110 cm³/mol. The lowest BCUT2D eigenvalue weighted by Crippen LogP contribution is -2.48. The topological polar surface area (TPSA) is 113 Å². The number of carbonyl (C=O) groups is 2. The molecule has 0 saturated carbocycles. The molecule has 2 aromatic rings. The maximum absolute atomic E-state index is 12.0. The van der Waals surface area contributed by atoms with Gasteiger partial charge in [-0.15, -0.1) is 0 Å². The molecule has 8 nitrogen and oxygen atoms in total. The first-order valence-electron chi connectivity index (χ1n) is 7.86. The number of nitrogens with one attached hydrogen (secondary N) is 3. The van der Waals surface area contributed by atoms with Gasteiger partial charge in [0, 0.05) is 17.7 Å². The number of hydrogen-bond acceptors (Lipinski definition) is 5. The zero-order chi connectivity index (χ0) is 20.7. The highest BCUT2D eigenvalue weighted by Gasteiger charge is 2.16. The van der Waals surface area contributed by atoms with Crippen LogP contribution in [0, 0.1) is 17.0 Å². The zero-order valence-corrected chi connectivity index (χ0v) is 16.1. The fraction of sp³-hybridized carbons (Fsp3) is 0.0556. The van der Waals surface area contributed by atoms with E-state index in [9.17, 15) is 19.7 Å². The molecule has 2 rings (SSSR count). The molecule has 0 saturated heterocycles. The maximum atomic E-state index is 12.0. The number of nitro benzene ring substituents is 1. The summed E-state index contributed by atoms with van der Waals surface area (Å²) in [7, 11) is 0. The number of thiocarbonyl (C=S) groups is 1. The van der Waals surface area contributed by atoms with Crippen LogP contribution in [0.4, 0.5) is 5.69 Å². The summed E-state index contributed by atoms with van der Waals surface area (Å²) in [5.41, 5.74) is 6.13. The Kier molecular flexibility index (Phi) is 7.19. The molecule has 0 aliphatic carbocycles. The number of hydrogen-bond donors (Lipinski definition) is 3. The van der Waals surface area contributed by atoms with Crippen LogP contribution in [0.1, 0.15) is 21.5 Å². The van der Waals surface area contributed by atoms with Gasteiger partial charge in [-0.1, -0.05) is 41.4 Å². The zero-order valence-electron chi connectivity index (χ0n) is 14.6. The molecule has 3 N–H and O–H groups in total. The predicted octanol–water partition coefficient (Wildman–Crippen LogP) is 2.91. The van der Waals surface area contributed by atoms with Crippen LogP contribution < -0.4 is 16.2 Å². The number of nitrogens with zero attached hydrogens (tertiary/aromatic N) is 1. The van der Waals surface area contributed by atoms with E-state index in [0.717, 1.165) is 17.2 Å². The summed E-state index contributed by atoms with van der Waals surface area (Å²) in [5, 5.41) is 13.0. The Hall–Kier alpha value is -3.30. The van der Waals surface area contributed by atoms with Crippen molar-refractivity contribution in [3.05, 3.63) is 80.4 Å². The van der Waals surface area contributed by atoms with E-state index in [1.165, 1.54) is 18.2 Å². The van der Waals surface area contributed by atoms with Crippen molar-refractivity contribution in [1.29, 1.82) is 0 Å². The van der Waals surface area contributed by atoms with Crippen LogP contribution in [0.2, 0.25) is 5.02 Å². The van der Waals surface area contributed by atoms with Gasteiger partial charge in [0.1, 0.15) is 5.02 Å². The molecule has 0 bridgehead atoms. The van der Waals surface area contributed by atoms with Crippen LogP contribution in [0.3, 0.4) is 0 Å². The lowest BCUT2D eigenvalue weighted by atomic mass is 10.1. The van der Waals surface area contributed by atoms with E-state index in [2.05, 4.69) is 16.2 Å². The SMILES string of the molecule is Cc1ccc(/C=C/C(=O)NC(=S)NNC(=O)c2ccc(Cl)c([N+](=O)[O-])c2)cc1. The van der Waals surface area contributed by atoms with Crippen molar-refractivity contribution < 1.29 is 14.5 Å². The molecule has 0 aromatic heterocycles. The van der Waals surface area contributed by atoms with Gasteiger partial charge in [0.05, 0.1) is 4.92 Å². The maximum Gasteiger partial charge on any atom is 0.288 e. The minimum atomic E-state index is -0.697. The van der Waals surface area contributed by atoms with Gasteiger partial charge in [-0.2, -0.15) is 0 Å². The largest absolute Gasteiger partial charge is 0.298 e. The Bertz CT molecular complexity index is 961. The highest BCUT2D eigenvalue weighted by Crippen LogP contribution is 2.24. The van der Waals surface area contributed by atoms with Gasteiger partial charge in [-0.05, 0) is 42.9 Å². The average Bonchev–Trinajstić information content (AvgIpc) is 2.65. The average molecular weight is 419 g/mol. The number of halogens is 1. The van der Waals surface area contributed by atoms with Gasteiger partial charge in [0.2, 0.25) is 5.91 Å². The van der Waals surface area contributed by atoms with Crippen LogP contribution in [0.25, 0.3) is 6.08 Å². The van der Waals surface area contributed by atoms with Gasteiger partial charge in [-0.3, -0.25) is 35.9 Å². The Labute approximate surface area is 170 Å². The van der Waals surface area contributed by atoms with Crippen molar-refractivity contribution in [2.75, 3.05) is 0 Å². The molecule has 144 valence electrons. The van der Waals surface area contributed by atoms with Crippen molar-refractivity contribution in [2.45, 2.75) is 6.92 Å². The lowest BCUT2D eigenvalue weighted by molar-refractivity contribution is -0.384. The quantitative estimate of drug-likeness (QED) is 0.304. The highest BCUT2D eigenvalue weighted by molar-refractivity contribution is 7.80. The molecule has 0 unspecified atom stereocenters. The molecule has 0 spiro atoms. The van der Waals surface area contributed by atoms with Gasteiger partial charge in [-0.25, -0.2) is 0 Å². The van der Waals surface area contributed by atoms with Crippen LogP contribution >= 0.6 is 23.8 Å². The second-order valence-corrected chi connectivity index (χ2v) is 6.38. The van der Waals surface area contributed by atoms with E-state index >= 15 is 0 Å². The normalized spacial score (nSPS) is 10.4. The van der Waals surface area contributed by atoms with Gasteiger partial charge in [0.15, 0.2) is 5.11 Å². The van der Waals surface area contributed by atoms with Crippen LogP contribution in [-0.4, -0.2) is 21.9 Å². The molecule has 2 aromatic carbocycles. The van der Waals surface area contributed by atoms with E-state index in [1.807, 2.05) is 31.2 Å². The summed E-state index contributed by atoms with van der Waals surface area (Å²) in [6.45, 7) is 1.96. The van der Waals surface area contributed by atoms with E-state index in [4.69, 9.17) is 23.8 Å². The number of benzene rings is 2. The van der Waals surface area contributed by atoms with Crippen LogP contribution in [0.5, 0.6) is 0 Å². The van der Waals surface area contributed by atoms with E-state index in [1.54, 1.807) is 6.08 Å². The molecule has 0 aliphatic heterocycles. The molecule has 0 atom stereocenters. The fourth-order valence-corrected chi connectivity index (χ4v) is 2.35. The summed E-state index contributed by atoms with van der Waals surface area (Å²) in [5.74, 6) is -1.18. The van der Waals surface area contributed by atoms with Crippen molar-refractivity contribution in [3.63, 3.8) is 0 Å². The monoisotopic (exact) mass is 418 g/mol. The van der Waals surface area contributed by atoms with E-state index in [0.29, 0.717) is 0 Å². The molecule has 0 aliphatic rings. The number of hydrazine groups is 1. The summed E-state index contributed by atoms with van der Waals surface area (Å²) in [4.78, 5) is 34.0. The molecular formula is C18H15ClN4O4S. The minimum Gasteiger partial charge on any atom is -0.298 e. The van der Waals surface area contributed by atoms with Gasteiger partial charge < -0.3 is 0 Å². The summed E-state index contributed by atoms with van der Waals surface area (Å²) in [6, 6.07) is 11.2. The fourth-order valence-electron chi connectivity index (χ4n) is 2.01. The van der Waals surface area contributed by atoms with Crippen LogP contribution in [0.15, 0.2) is 48.5 Å². The number of rotatable bonds is 4. The summed E-state index contributed by atoms with van der Waals surface area (Å²) < 4.78 is 0. The summed E-state index contributed by atoms with van der Waals surface area (Å²) >= 11 is 10.6. The van der Waals surface area contributed by atoms with Crippen molar-refractivity contribution in [2.24, 2.45) is 0 Å². The van der Waals surface area contributed by atoms with E-state index < -0.39 is 22.4 Å². The van der Waals surface area contributed by atoms with Crippen molar-refractivity contribution in [1.82, 2.24) is 16.2 Å². The molecule has 0 fully saturated rings. The molecular weight excluding hydrogens is 404 g/mol. The molecule has 28 heavy (non-hydrogen) atoms. The number of nitro groups is 1. The lowest BCUT2D eigenvalue weighted by Gasteiger charge is -2.09. The molecule has 2 amide bonds. The summed E-state index contributed by atoms with van der Waals surface area (Å²) in [6.07, 6.45) is 2.91. The standard InChI is InChI=1S/C18H15ClN4O4S/c1-11-2-4-12(5-3-11)6-9-16(24)20-18(28)22-21-17(25)13-7-8-14(19)15(10-13)23(26)27/h2-10H,1H3,(H,21,25)(H2,20,22,24,28)/b9-6+. The second-order valence-electron chi connectivity index (χ2n) is 5.56. The Balaban J connectivity index is 1.87. The third-order valence-corrected chi connectivity index (χ3v) is 3.96. The third-order valence-electron chi connectivity index (χ3n) is 3.44. The minimum absolute atomic E-state index is 0.00278. The van der Waals surface area contributed by atoms with Crippen molar-refractivity contribution >= 4 is 52.5 Å². The van der Waals surface area contributed by atoms with Gasteiger partial charge >= 0.3 is 0 Å². The number of amides is 2. The highest BCUT2D eigenvalue weighted by atomic mass is 35.5. The first kappa shape index (κ1) is 21.0. The first-order chi connectivity index (χ1) is 13.3. The smallest absolute Gasteiger partial charge is 0.288 e. The Morgan fingerprint density at radius 2 is 1.82 bits per heavy atom. The number of aryl methyl sites for hydroxylation is 1. The second kappa shape index (κ2) is 9.58. The first-order valence-corrected chi connectivity index (χ1v) is 8.65. The Morgan fingerprint density at radius 3 is 2.46 bits per heavy atom. The third kappa shape index (κ3) is 6.15. The van der Waals surface area contributed by atoms with Crippen molar-refractivity contribution in [3.8, 4) is 0 Å². The molecule has 0 radical (unpaired) electrons. The molecule has 0 heterocycles.